The van der Waals surface area contributed by atoms with Crippen LogP contribution in [0, 0.1) is 0 Å². The Bertz CT molecular complexity index is 528. The van der Waals surface area contributed by atoms with Gasteiger partial charge in [0, 0.05) is 38.6 Å². The fraction of sp³-hybridized carbons (Fsp3) is 0.667. The molecule has 0 aliphatic carbocycles. The van der Waals surface area contributed by atoms with Gasteiger partial charge in [0.2, 0.25) is 5.91 Å². The Labute approximate surface area is 116 Å². The predicted molar refractivity (Wildman–Crippen MR) is 69.7 cm³/mol. The molecule has 8 nitrogen and oxygen atoms in total. The van der Waals surface area contributed by atoms with Gasteiger partial charge in [-0.15, -0.1) is 5.10 Å². The highest BCUT2D eigenvalue weighted by atomic mass is 16.2. The van der Waals surface area contributed by atoms with Crippen molar-refractivity contribution in [1.82, 2.24) is 24.8 Å². The number of hydrogen-bond acceptors (Lipinski definition) is 5. The number of nitrogens with two attached hydrogens (primary N) is 1. The Hall–Kier alpha value is -1.96. The monoisotopic (exact) mass is 278 g/mol. The van der Waals surface area contributed by atoms with Crippen LogP contribution in [-0.2, 0) is 11.3 Å². The fourth-order valence-electron chi connectivity index (χ4n) is 2.85. The third-order valence-corrected chi connectivity index (χ3v) is 3.90. The smallest absolute Gasteiger partial charge is 0.276 e. The number of aromatic nitrogens is 3. The molecule has 3 heterocycles. The summed E-state index contributed by atoms with van der Waals surface area (Å²) in [6.45, 7) is 2.77. The summed E-state index contributed by atoms with van der Waals surface area (Å²) >= 11 is 0. The second-order valence-corrected chi connectivity index (χ2v) is 5.19. The molecule has 1 aromatic rings. The van der Waals surface area contributed by atoms with Crippen LogP contribution in [0.4, 0.5) is 0 Å². The maximum Gasteiger partial charge on any atom is 0.276 e. The van der Waals surface area contributed by atoms with Crippen molar-refractivity contribution in [3.8, 4) is 0 Å². The molecule has 0 saturated carbocycles. The average molecular weight is 278 g/mol. The van der Waals surface area contributed by atoms with Crippen molar-refractivity contribution in [2.75, 3.05) is 26.2 Å². The number of piperazine rings is 1. The molecule has 0 bridgehead atoms. The van der Waals surface area contributed by atoms with Gasteiger partial charge in [0.25, 0.3) is 5.91 Å². The highest BCUT2D eigenvalue weighted by Gasteiger charge is 2.37. The van der Waals surface area contributed by atoms with E-state index >= 15 is 0 Å². The van der Waals surface area contributed by atoms with Crippen LogP contribution in [0.3, 0.4) is 0 Å². The van der Waals surface area contributed by atoms with Crippen LogP contribution >= 0.6 is 0 Å². The molecule has 2 fully saturated rings. The number of carbonyl (C=O) groups excluding carboxylic acids is 2. The Balaban J connectivity index is 1.67. The number of nitrogens with zero attached hydrogens (tertiary/aromatic N) is 5. The Morgan fingerprint density at radius 2 is 2.30 bits per heavy atom. The van der Waals surface area contributed by atoms with Crippen molar-refractivity contribution in [2.45, 2.75) is 25.4 Å². The summed E-state index contributed by atoms with van der Waals surface area (Å²) in [7, 11) is 0. The third-order valence-electron chi connectivity index (χ3n) is 3.90. The highest BCUT2D eigenvalue weighted by molar-refractivity contribution is 5.92. The molecule has 2 aliphatic heterocycles. The van der Waals surface area contributed by atoms with E-state index in [0.717, 1.165) is 6.42 Å². The van der Waals surface area contributed by atoms with Crippen molar-refractivity contribution in [3.63, 3.8) is 0 Å². The Morgan fingerprint density at radius 1 is 1.45 bits per heavy atom. The molecular formula is C12H18N6O2. The van der Waals surface area contributed by atoms with Crippen molar-refractivity contribution < 1.29 is 9.59 Å². The molecule has 2 saturated heterocycles. The summed E-state index contributed by atoms with van der Waals surface area (Å²) in [4.78, 5) is 27.6. The van der Waals surface area contributed by atoms with E-state index in [1.807, 2.05) is 4.90 Å². The molecule has 0 spiro atoms. The lowest BCUT2D eigenvalue weighted by molar-refractivity contribution is -0.130. The lowest BCUT2D eigenvalue weighted by atomic mass is 10.1. The predicted octanol–water partition coefficient (Wildman–Crippen LogP) is -1.32. The summed E-state index contributed by atoms with van der Waals surface area (Å²) in [5.41, 5.74) is 5.78. The second kappa shape index (κ2) is 5.20. The number of hydrogen-bond donors (Lipinski definition) is 1. The van der Waals surface area contributed by atoms with Crippen LogP contribution in [0.2, 0.25) is 0 Å². The topological polar surface area (TPSA) is 97.3 Å². The number of rotatable bonds is 3. The molecule has 0 aromatic carbocycles. The number of carbonyl (C=O) groups is 2. The van der Waals surface area contributed by atoms with Crippen LogP contribution in [-0.4, -0.2) is 68.8 Å². The van der Waals surface area contributed by atoms with Gasteiger partial charge >= 0.3 is 0 Å². The standard InChI is InChI=1S/C12H18N6O2/c13-3-4-17-8-10(14-15-17)12(20)16-5-6-18-9(7-16)1-2-11(18)19/h8-9H,1-7,13H2. The molecule has 2 N–H and O–H groups in total. The van der Waals surface area contributed by atoms with Crippen LogP contribution in [0.5, 0.6) is 0 Å². The molecule has 8 heteroatoms. The highest BCUT2D eigenvalue weighted by Crippen LogP contribution is 2.23. The van der Waals surface area contributed by atoms with Gasteiger partial charge in [0.1, 0.15) is 0 Å². The van der Waals surface area contributed by atoms with Crippen molar-refractivity contribution >= 4 is 11.8 Å². The van der Waals surface area contributed by atoms with Crippen LogP contribution < -0.4 is 5.73 Å². The molecular weight excluding hydrogens is 260 g/mol. The first-order valence-electron chi connectivity index (χ1n) is 6.88. The maximum absolute atomic E-state index is 12.4. The van der Waals surface area contributed by atoms with Gasteiger partial charge in [0.05, 0.1) is 12.7 Å². The second-order valence-electron chi connectivity index (χ2n) is 5.19. The molecule has 2 amide bonds. The molecule has 1 atom stereocenters. The Morgan fingerprint density at radius 3 is 3.10 bits per heavy atom. The van der Waals surface area contributed by atoms with Gasteiger partial charge in [-0.05, 0) is 6.42 Å². The number of amides is 2. The van der Waals surface area contributed by atoms with Gasteiger partial charge < -0.3 is 15.5 Å². The lowest BCUT2D eigenvalue weighted by Crippen LogP contribution is -2.53. The van der Waals surface area contributed by atoms with E-state index in [9.17, 15) is 9.59 Å². The van der Waals surface area contributed by atoms with E-state index in [0.29, 0.717) is 44.8 Å². The van der Waals surface area contributed by atoms with Gasteiger partial charge in [-0.1, -0.05) is 5.21 Å². The van der Waals surface area contributed by atoms with Gasteiger partial charge in [-0.25, -0.2) is 0 Å². The zero-order valence-electron chi connectivity index (χ0n) is 11.2. The molecule has 1 unspecified atom stereocenters. The van der Waals surface area contributed by atoms with E-state index in [1.165, 1.54) is 0 Å². The summed E-state index contributed by atoms with van der Waals surface area (Å²) in [6.07, 6.45) is 3.06. The third kappa shape index (κ3) is 2.26. The Kier molecular flexibility index (Phi) is 3.39. The SMILES string of the molecule is NCCn1cc(C(=O)N2CCN3C(=O)CCC3C2)nn1. The first-order valence-corrected chi connectivity index (χ1v) is 6.88. The first-order chi connectivity index (χ1) is 9.69. The van der Waals surface area contributed by atoms with Crippen LogP contribution in [0.15, 0.2) is 6.20 Å². The normalized spacial score (nSPS) is 22.2. The van der Waals surface area contributed by atoms with E-state index in [1.54, 1.807) is 15.8 Å². The molecule has 2 aliphatic rings. The molecule has 3 rings (SSSR count). The van der Waals surface area contributed by atoms with E-state index in [-0.39, 0.29) is 17.9 Å². The number of fused-ring (bicyclic) bond motifs is 1. The summed E-state index contributed by atoms with van der Waals surface area (Å²) in [5, 5.41) is 7.77. The first kappa shape index (κ1) is 13.0. The van der Waals surface area contributed by atoms with Crippen LogP contribution in [0.1, 0.15) is 23.3 Å². The summed E-state index contributed by atoms with van der Waals surface area (Å²) < 4.78 is 1.57. The van der Waals surface area contributed by atoms with Crippen molar-refractivity contribution in [1.29, 1.82) is 0 Å². The summed E-state index contributed by atoms with van der Waals surface area (Å²) in [6, 6.07) is 0.166. The maximum atomic E-state index is 12.4. The fourth-order valence-corrected chi connectivity index (χ4v) is 2.85. The van der Waals surface area contributed by atoms with Gasteiger partial charge in [-0.3, -0.25) is 14.3 Å². The zero-order chi connectivity index (χ0) is 14.1. The largest absolute Gasteiger partial charge is 0.336 e. The molecule has 0 radical (unpaired) electrons. The van der Waals surface area contributed by atoms with E-state index < -0.39 is 0 Å². The van der Waals surface area contributed by atoms with Crippen molar-refractivity contribution in [3.05, 3.63) is 11.9 Å². The van der Waals surface area contributed by atoms with Crippen LogP contribution in [0.25, 0.3) is 0 Å². The van der Waals surface area contributed by atoms with Crippen molar-refractivity contribution in [2.24, 2.45) is 5.73 Å². The minimum Gasteiger partial charge on any atom is -0.336 e. The molecule has 108 valence electrons. The molecule has 20 heavy (non-hydrogen) atoms. The molecule has 1 aromatic heterocycles. The van der Waals surface area contributed by atoms with Gasteiger partial charge in [-0.2, -0.15) is 0 Å². The summed E-state index contributed by atoms with van der Waals surface area (Å²) in [5.74, 6) is 0.0864. The van der Waals surface area contributed by atoms with E-state index in [2.05, 4.69) is 10.3 Å². The van der Waals surface area contributed by atoms with Gasteiger partial charge in [0.15, 0.2) is 5.69 Å². The van der Waals surface area contributed by atoms with E-state index in [4.69, 9.17) is 5.73 Å². The lowest BCUT2D eigenvalue weighted by Gasteiger charge is -2.37. The minimum absolute atomic E-state index is 0.118. The quantitative estimate of drug-likeness (QED) is 0.740. The zero-order valence-corrected chi connectivity index (χ0v) is 11.2. The minimum atomic E-state index is -0.118. The average Bonchev–Trinajstić information content (AvgIpc) is 3.06.